The molecule has 0 aromatic heterocycles. The Morgan fingerprint density at radius 2 is 2.00 bits per heavy atom. The van der Waals surface area contributed by atoms with Crippen LogP contribution in [0.3, 0.4) is 0 Å². The van der Waals surface area contributed by atoms with Crippen LogP contribution in [-0.4, -0.2) is 68.5 Å². The van der Waals surface area contributed by atoms with Crippen molar-refractivity contribution < 1.29 is 30.0 Å². The summed E-state index contributed by atoms with van der Waals surface area (Å²) in [6.07, 6.45) is -4.11. The third-order valence-corrected chi connectivity index (χ3v) is 3.60. The predicted molar refractivity (Wildman–Crippen MR) is 60.4 cm³/mol. The number of rotatable bonds is 6. The highest BCUT2D eigenvalue weighted by atomic mass is 32.2. The maximum absolute atomic E-state index is 10.4. The van der Waals surface area contributed by atoms with Crippen molar-refractivity contribution in [3.8, 4) is 0 Å². The molecule has 0 aromatic rings. The highest BCUT2D eigenvalue weighted by Gasteiger charge is 2.41. The monoisotopic (exact) mass is 267 g/mol. The molecule has 0 radical (unpaired) electrons. The maximum Gasteiger partial charge on any atom is 0.320 e. The first-order valence-electron chi connectivity index (χ1n) is 5.19. The quantitative estimate of drug-likeness (QED) is 0.348. The Labute approximate surface area is 103 Å². The van der Waals surface area contributed by atoms with E-state index in [2.05, 4.69) is 0 Å². The molecule has 1 rings (SSSR count). The highest BCUT2D eigenvalue weighted by molar-refractivity contribution is 7.99. The maximum atomic E-state index is 10.4. The molecule has 8 heteroatoms. The summed E-state index contributed by atoms with van der Waals surface area (Å²) in [5, 5.41) is 36.3. The van der Waals surface area contributed by atoms with Gasteiger partial charge in [-0.1, -0.05) is 0 Å². The normalized spacial score (nSPS) is 34.8. The predicted octanol–water partition coefficient (Wildman–Crippen LogP) is -2.04. The molecule has 1 fully saturated rings. The minimum absolute atomic E-state index is 0.313. The molecule has 1 saturated heterocycles. The number of aliphatic hydroxyl groups excluding tert-OH is 3. The Hall–Kier alpha value is -0.380. The number of carboxylic acids is 1. The van der Waals surface area contributed by atoms with E-state index < -0.39 is 36.6 Å². The largest absolute Gasteiger partial charge is 0.480 e. The van der Waals surface area contributed by atoms with Crippen molar-refractivity contribution in [1.29, 1.82) is 0 Å². The van der Waals surface area contributed by atoms with Crippen molar-refractivity contribution in [3.63, 3.8) is 0 Å². The summed E-state index contributed by atoms with van der Waals surface area (Å²) in [4.78, 5) is 10.4. The van der Waals surface area contributed by atoms with Crippen molar-refractivity contribution in [3.05, 3.63) is 0 Å². The Kier molecular flexibility index (Phi) is 5.63. The molecule has 100 valence electrons. The van der Waals surface area contributed by atoms with E-state index >= 15 is 0 Å². The van der Waals surface area contributed by atoms with Crippen molar-refractivity contribution in [2.45, 2.75) is 37.1 Å². The number of ether oxygens (including phenoxy) is 1. The molecule has 0 amide bonds. The lowest BCUT2D eigenvalue weighted by Crippen LogP contribution is -2.33. The van der Waals surface area contributed by atoms with Crippen LogP contribution in [0.4, 0.5) is 0 Å². The summed E-state index contributed by atoms with van der Waals surface area (Å²) < 4.78 is 4.93. The van der Waals surface area contributed by atoms with Crippen LogP contribution in [-0.2, 0) is 9.53 Å². The molecule has 0 aliphatic carbocycles. The Morgan fingerprint density at radius 1 is 1.35 bits per heavy atom. The molecule has 6 N–H and O–H groups in total. The van der Waals surface area contributed by atoms with Gasteiger partial charge in [-0.05, 0) is 12.2 Å². The van der Waals surface area contributed by atoms with Crippen molar-refractivity contribution in [2.75, 3.05) is 11.5 Å². The molecule has 1 aliphatic heterocycles. The molecular weight excluding hydrogens is 250 g/mol. The first-order chi connectivity index (χ1) is 7.93. The van der Waals surface area contributed by atoms with E-state index in [0.717, 1.165) is 0 Å². The average Bonchev–Trinajstić information content (AvgIpc) is 2.52. The summed E-state index contributed by atoms with van der Waals surface area (Å²) in [7, 11) is 0. The van der Waals surface area contributed by atoms with Crippen molar-refractivity contribution in [2.24, 2.45) is 5.73 Å². The van der Waals surface area contributed by atoms with Gasteiger partial charge < -0.3 is 30.9 Å². The lowest BCUT2D eigenvalue weighted by Gasteiger charge is -2.14. The number of hydrogen-bond acceptors (Lipinski definition) is 7. The van der Waals surface area contributed by atoms with Gasteiger partial charge in [0.2, 0.25) is 0 Å². The van der Waals surface area contributed by atoms with Crippen molar-refractivity contribution in [1.82, 2.24) is 0 Å². The Morgan fingerprint density at radius 3 is 2.47 bits per heavy atom. The molecule has 1 aliphatic rings. The number of carbonyl (C=O) groups is 1. The van der Waals surface area contributed by atoms with Gasteiger partial charge in [-0.25, -0.2) is 0 Å². The summed E-state index contributed by atoms with van der Waals surface area (Å²) in [5.74, 6) is -0.179. The van der Waals surface area contributed by atoms with Crippen LogP contribution >= 0.6 is 11.8 Å². The lowest BCUT2D eigenvalue weighted by atomic mass is 10.2. The second-order valence-electron chi connectivity index (χ2n) is 3.85. The first kappa shape index (κ1) is 14.7. The lowest BCUT2D eigenvalue weighted by molar-refractivity contribution is -0.138. The molecule has 7 nitrogen and oxygen atoms in total. The fourth-order valence-electron chi connectivity index (χ4n) is 1.40. The fraction of sp³-hybridized carbons (Fsp3) is 0.889. The molecule has 1 heterocycles. The Bertz CT molecular complexity index is 266. The van der Waals surface area contributed by atoms with Gasteiger partial charge >= 0.3 is 5.97 Å². The summed E-state index contributed by atoms with van der Waals surface area (Å²) in [6.45, 7) is 0. The first-order valence-corrected chi connectivity index (χ1v) is 6.34. The topological polar surface area (TPSA) is 133 Å². The van der Waals surface area contributed by atoms with Crippen LogP contribution in [0.1, 0.15) is 6.42 Å². The van der Waals surface area contributed by atoms with Gasteiger partial charge in [-0.3, -0.25) is 4.79 Å². The minimum atomic E-state index is -1.36. The summed E-state index contributed by atoms with van der Waals surface area (Å²) in [6, 6.07) is -0.895. The van der Waals surface area contributed by atoms with Crippen molar-refractivity contribution >= 4 is 17.7 Å². The summed E-state index contributed by atoms with van der Waals surface area (Å²) >= 11 is 1.35. The van der Waals surface area contributed by atoms with E-state index in [0.29, 0.717) is 17.9 Å². The molecule has 5 atom stereocenters. The number of aliphatic hydroxyl groups is 3. The second-order valence-corrected chi connectivity index (χ2v) is 5.00. The van der Waals surface area contributed by atoms with Gasteiger partial charge in [0, 0.05) is 5.75 Å². The van der Waals surface area contributed by atoms with Crippen LogP contribution in [0.25, 0.3) is 0 Å². The fourth-order valence-corrected chi connectivity index (χ4v) is 2.50. The smallest absolute Gasteiger partial charge is 0.320 e. The van der Waals surface area contributed by atoms with Crippen LogP contribution in [0.15, 0.2) is 0 Å². The Balaban J connectivity index is 2.17. The van der Waals surface area contributed by atoms with E-state index in [1.54, 1.807) is 0 Å². The zero-order chi connectivity index (χ0) is 13.0. The zero-order valence-electron chi connectivity index (χ0n) is 9.10. The van der Waals surface area contributed by atoms with E-state index in [-0.39, 0.29) is 0 Å². The molecule has 0 aromatic carbocycles. The van der Waals surface area contributed by atoms with Crippen LogP contribution in [0.2, 0.25) is 0 Å². The van der Waals surface area contributed by atoms with E-state index in [9.17, 15) is 15.0 Å². The van der Waals surface area contributed by atoms with Crippen LogP contribution in [0, 0.1) is 0 Å². The van der Waals surface area contributed by atoms with E-state index in [1.807, 2.05) is 0 Å². The van der Waals surface area contributed by atoms with Gasteiger partial charge in [0.1, 0.15) is 18.2 Å². The molecule has 17 heavy (non-hydrogen) atoms. The summed E-state index contributed by atoms with van der Waals surface area (Å²) in [5.41, 5.74) is 5.31. The standard InChI is InChI=1S/C9H17NO6S/c10-4(8(13)14)1-2-17-3-5-6(11)7(12)9(15)16-5/h4-7,9,11-12,15H,1-3,10H2,(H,13,14)/t4?,5-,6+,7?,9-/m1/s1. The molecule has 2 unspecified atom stereocenters. The molecule has 0 bridgehead atoms. The SMILES string of the molecule is NC(CCSC[C@H]1O[C@@H](O)C(O)[C@H]1O)C(=O)O. The minimum Gasteiger partial charge on any atom is -0.480 e. The van der Waals surface area contributed by atoms with E-state index in [1.165, 1.54) is 11.8 Å². The van der Waals surface area contributed by atoms with Gasteiger partial charge in [0.15, 0.2) is 6.29 Å². The van der Waals surface area contributed by atoms with Crippen LogP contribution in [0.5, 0.6) is 0 Å². The number of hydrogen-bond donors (Lipinski definition) is 5. The molecule has 0 saturated carbocycles. The third kappa shape index (κ3) is 4.09. The number of nitrogens with two attached hydrogens (primary N) is 1. The van der Waals surface area contributed by atoms with Crippen LogP contribution < -0.4 is 5.73 Å². The number of aliphatic carboxylic acids is 1. The van der Waals surface area contributed by atoms with Gasteiger partial charge in [-0.15, -0.1) is 0 Å². The number of carboxylic acid groups (broad SMARTS) is 1. The van der Waals surface area contributed by atoms with Gasteiger partial charge in [0.05, 0.1) is 6.10 Å². The number of thioether (sulfide) groups is 1. The molecular formula is C9H17NO6S. The third-order valence-electron chi connectivity index (χ3n) is 2.51. The van der Waals surface area contributed by atoms with Gasteiger partial charge in [0.25, 0.3) is 0 Å². The van der Waals surface area contributed by atoms with Gasteiger partial charge in [-0.2, -0.15) is 11.8 Å². The highest BCUT2D eigenvalue weighted by Crippen LogP contribution is 2.23. The average molecular weight is 267 g/mol. The zero-order valence-corrected chi connectivity index (χ0v) is 9.92. The molecule has 0 spiro atoms. The second kappa shape index (κ2) is 6.53. The van der Waals surface area contributed by atoms with E-state index in [4.69, 9.17) is 20.7 Å².